The van der Waals surface area contributed by atoms with E-state index < -0.39 is 27.3 Å². The SMILES string of the molecule is Cc1cc(C(=O)c2ccc(S(C)(=O)=O)cc2)c(F)cc1F. The summed E-state index contributed by atoms with van der Waals surface area (Å²) in [4.78, 5) is 12.2. The van der Waals surface area contributed by atoms with Gasteiger partial charge in [-0.3, -0.25) is 4.79 Å². The van der Waals surface area contributed by atoms with Crippen LogP contribution in [0.2, 0.25) is 0 Å². The quantitative estimate of drug-likeness (QED) is 0.819. The number of sulfone groups is 1. The third kappa shape index (κ3) is 3.16. The predicted molar refractivity (Wildman–Crippen MR) is 74.1 cm³/mol. The van der Waals surface area contributed by atoms with Crippen LogP contribution in [-0.4, -0.2) is 20.5 Å². The molecule has 0 bridgehead atoms. The first-order valence-corrected chi connectivity index (χ1v) is 7.90. The Labute approximate surface area is 121 Å². The Morgan fingerprint density at radius 1 is 1.00 bits per heavy atom. The van der Waals surface area contributed by atoms with Gasteiger partial charge in [0.15, 0.2) is 15.6 Å². The molecule has 0 saturated heterocycles. The lowest BCUT2D eigenvalue weighted by Gasteiger charge is -2.06. The summed E-state index contributed by atoms with van der Waals surface area (Å²) >= 11 is 0. The van der Waals surface area contributed by atoms with E-state index in [1.165, 1.54) is 31.2 Å². The first kappa shape index (κ1) is 15.3. The van der Waals surface area contributed by atoms with Crippen molar-refractivity contribution in [3.63, 3.8) is 0 Å². The molecule has 2 rings (SSSR count). The van der Waals surface area contributed by atoms with Crippen LogP contribution in [0, 0.1) is 18.6 Å². The average molecular weight is 310 g/mol. The molecule has 0 aromatic heterocycles. The highest BCUT2D eigenvalue weighted by Gasteiger charge is 2.17. The fraction of sp³-hybridized carbons (Fsp3) is 0.133. The van der Waals surface area contributed by atoms with Crippen molar-refractivity contribution in [2.24, 2.45) is 0 Å². The second kappa shape index (κ2) is 5.37. The van der Waals surface area contributed by atoms with Gasteiger partial charge in [-0.15, -0.1) is 0 Å². The third-order valence-corrected chi connectivity index (χ3v) is 4.17. The molecular formula is C15H12F2O3S. The Morgan fingerprint density at radius 3 is 2.10 bits per heavy atom. The van der Waals surface area contributed by atoms with Gasteiger partial charge in [0.25, 0.3) is 0 Å². The molecule has 0 amide bonds. The molecule has 2 aromatic carbocycles. The molecule has 0 unspecified atom stereocenters. The maximum Gasteiger partial charge on any atom is 0.195 e. The zero-order chi connectivity index (χ0) is 15.8. The van der Waals surface area contributed by atoms with Crippen LogP contribution in [0.15, 0.2) is 41.3 Å². The highest BCUT2D eigenvalue weighted by Crippen LogP contribution is 2.19. The number of rotatable bonds is 3. The molecule has 110 valence electrons. The van der Waals surface area contributed by atoms with Crippen molar-refractivity contribution in [3.8, 4) is 0 Å². The third-order valence-electron chi connectivity index (χ3n) is 3.04. The molecule has 0 aliphatic rings. The van der Waals surface area contributed by atoms with Crippen LogP contribution < -0.4 is 0 Å². The second-order valence-corrected chi connectivity index (χ2v) is 6.72. The Balaban J connectivity index is 2.44. The van der Waals surface area contributed by atoms with E-state index in [2.05, 4.69) is 0 Å². The Bertz CT molecular complexity index is 810. The van der Waals surface area contributed by atoms with Crippen LogP contribution in [-0.2, 0) is 9.84 Å². The monoisotopic (exact) mass is 310 g/mol. The minimum Gasteiger partial charge on any atom is -0.288 e. The highest BCUT2D eigenvalue weighted by atomic mass is 32.2. The van der Waals surface area contributed by atoms with Crippen LogP contribution in [0.4, 0.5) is 8.78 Å². The molecule has 0 saturated carbocycles. The van der Waals surface area contributed by atoms with Gasteiger partial charge in [0.1, 0.15) is 11.6 Å². The molecule has 0 heterocycles. The summed E-state index contributed by atoms with van der Waals surface area (Å²) in [5.41, 5.74) is 0.0424. The van der Waals surface area contributed by atoms with E-state index in [1.807, 2.05) is 0 Å². The van der Waals surface area contributed by atoms with Crippen molar-refractivity contribution in [2.45, 2.75) is 11.8 Å². The summed E-state index contributed by atoms with van der Waals surface area (Å²) in [6, 6.07) is 6.95. The second-order valence-electron chi connectivity index (χ2n) is 4.71. The standard InChI is InChI=1S/C15H12F2O3S/c1-9-7-12(14(17)8-13(9)16)15(18)10-3-5-11(6-4-10)21(2,19)20/h3-8H,1-2H3. The molecule has 0 N–H and O–H groups in total. The van der Waals surface area contributed by atoms with Gasteiger partial charge in [-0.2, -0.15) is 0 Å². The number of aryl methyl sites for hydroxylation is 1. The maximum absolute atomic E-state index is 13.7. The van der Waals surface area contributed by atoms with Gasteiger partial charge in [-0.05, 0) is 42.8 Å². The topological polar surface area (TPSA) is 51.2 Å². The van der Waals surface area contributed by atoms with E-state index in [4.69, 9.17) is 0 Å². The summed E-state index contributed by atoms with van der Waals surface area (Å²) in [5, 5.41) is 0. The van der Waals surface area contributed by atoms with Crippen LogP contribution in [0.3, 0.4) is 0 Å². The van der Waals surface area contributed by atoms with Crippen LogP contribution in [0.25, 0.3) is 0 Å². The largest absolute Gasteiger partial charge is 0.288 e. The minimum atomic E-state index is -3.37. The normalized spacial score (nSPS) is 11.4. The molecule has 0 radical (unpaired) electrons. The summed E-state index contributed by atoms with van der Waals surface area (Å²) in [6.07, 6.45) is 1.05. The number of hydrogen-bond acceptors (Lipinski definition) is 3. The van der Waals surface area contributed by atoms with Crippen molar-refractivity contribution in [3.05, 3.63) is 64.7 Å². The van der Waals surface area contributed by atoms with E-state index in [1.54, 1.807) is 0 Å². The molecule has 0 aliphatic heterocycles. The van der Waals surface area contributed by atoms with Gasteiger partial charge in [0.05, 0.1) is 10.5 Å². The minimum absolute atomic E-state index is 0.0646. The molecule has 0 spiro atoms. The molecular weight excluding hydrogens is 298 g/mol. The van der Waals surface area contributed by atoms with Crippen LogP contribution >= 0.6 is 0 Å². The van der Waals surface area contributed by atoms with Gasteiger partial charge >= 0.3 is 0 Å². The molecule has 21 heavy (non-hydrogen) atoms. The number of benzene rings is 2. The van der Waals surface area contributed by atoms with E-state index in [-0.39, 0.29) is 21.6 Å². The van der Waals surface area contributed by atoms with Gasteiger partial charge < -0.3 is 0 Å². The lowest BCUT2D eigenvalue weighted by Crippen LogP contribution is -2.06. The Kier molecular flexibility index (Phi) is 3.91. The number of halogens is 2. The number of carbonyl (C=O) groups excluding carboxylic acids is 1. The van der Waals surface area contributed by atoms with Crippen LogP contribution in [0.1, 0.15) is 21.5 Å². The highest BCUT2D eigenvalue weighted by molar-refractivity contribution is 7.90. The summed E-state index contributed by atoms with van der Waals surface area (Å²) in [5.74, 6) is -2.30. The molecule has 6 heteroatoms. The van der Waals surface area contributed by atoms with Crippen molar-refractivity contribution in [1.29, 1.82) is 0 Å². The lowest BCUT2D eigenvalue weighted by molar-refractivity contribution is 0.103. The Morgan fingerprint density at radius 2 is 1.57 bits per heavy atom. The van der Waals surface area contributed by atoms with E-state index in [9.17, 15) is 22.0 Å². The van der Waals surface area contributed by atoms with Gasteiger partial charge in [0, 0.05) is 17.9 Å². The zero-order valence-corrected chi connectivity index (χ0v) is 12.2. The van der Waals surface area contributed by atoms with E-state index in [0.717, 1.165) is 12.3 Å². The number of carbonyl (C=O) groups is 1. The predicted octanol–water partition coefficient (Wildman–Crippen LogP) is 2.91. The first-order chi connectivity index (χ1) is 9.70. The van der Waals surface area contributed by atoms with Crippen molar-refractivity contribution in [1.82, 2.24) is 0 Å². The zero-order valence-electron chi connectivity index (χ0n) is 11.4. The van der Waals surface area contributed by atoms with E-state index in [0.29, 0.717) is 6.07 Å². The van der Waals surface area contributed by atoms with Crippen LogP contribution in [0.5, 0.6) is 0 Å². The maximum atomic E-state index is 13.7. The van der Waals surface area contributed by atoms with Crippen molar-refractivity contribution in [2.75, 3.05) is 6.26 Å². The molecule has 2 aromatic rings. The first-order valence-electron chi connectivity index (χ1n) is 6.00. The van der Waals surface area contributed by atoms with Crippen molar-refractivity contribution >= 4 is 15.6 Å². The molecule has 0 fully saturated rings. The Hall–Kier alpha value is -2.08. The smallest absolute Gasteiger partial charge is 0.195 e. The van der Waals surface area contributed by atoms with Gasteiger partial charge in [-0.1, -0.05) is 0 Å². The van der Waals surface area contributed by atoms with Crippen molar-refractivity contribution < 1.29 is 22.0 Å². The molecule has 0 aliphatic carbocycles. The fourth-order valence-corrected chi connectivity index (χ4v) is 2.47. The average Bonchev–Trinajstić information content (AvgIpc) is 2.41. The summed E-state index contributed by atoms with van der Waals surface area (Å²) in [6.45, 7) is 1.43. The van der Waals surface area contributed by atoms with E-state index >= 15 is 0 Å². The number of ketones is 1. The summed E-state index contributed by atoms with van der Waals surface area (Å²) < 4.78 is 49.5. The van der Waals surface area contributed by atoms with Gasteiger partial charge in [-0.25, -0.2) is 17.2 Å². The molecule has 3 nitrogen and oxygen atoms in total. The van der Waals surface area contributed by atoms with Gasteiger partial charge in [0.2, 0.25) is 0 Å². The lowest BCUT2D eigenvalue weighted by atomic mass is 10.0. The number of hydrogen-bond donors (Lipinski definition) is 0. The summed E-state index contributed by atoms with van der Waals surface area (Å²) in [7, 11) is -3.37. The fourth-order valence-electron chi connectivity index (χ4n) is 1.84. The molecule has 0 atom stereocenters.